The molecule has 2 aromatic rings. The van der Waals surface area contributed by atoms with Crippen molar-refractivity contribution in [2.75, 3.05) is 5.32 Å². The van der Waals surface area contributed by atoms with Gasteiger partial charge in [-0.15, -0.1) is 0 Å². The molecule has 0 bridgehead atoms. The fourth-order valence-electron chi connectivity index (χ4n) is 1.71. The summed E-state index contributed by atoms with van der Waals surface area (Å²) in [5.41, 5.74) is 4.11. The topological polar surface area (TPSA) is 38.1 Å². The number of hydrogen-bond donors (Lipinski definition) is 1. The zero-order chi connectivity index (χ0) is 12.4. The Morgan fingerprint density at radius 1 is 1.29 bits per heavy atom. The summed E-state index contributed by atoms with van der Waals surface area (Å²) < 4.78 is 5.11. The van der Waals surface area contributed by atoms with E-state index in [4.69, 9.17) is 16.1 Å². The normalized spacial score (nSPS) is 10.6. The van der Waals surface area contributed by atoms with Gasteiger partial charge in [-0.3, -0.25) is 0 Å². The number of aryl methyl sites for hydroxylation is 3. The van der Waals surface area contributed by atoms with Crippen molar-refractivity contribution in [1.82, 2.24) is 5.16 Å². The first-order valence-electron chi connectivity index (χ1n) is 5.49. The van der Waals surface area contributed by atoms with Gasteiger partial charge in [0.25, 0.3) is 0 Å². The van der Waals surface area contributed by atoms with Gasteiger partial charge in [0, 0.05) is 12.1 Å². The number of nitrogens with zero attached hydrogens (tertiary/aromatic N) is 1. The summed E-state index contributed by atoms with van der Waals surface area (Å²) in [4.78, 5) is 0. The lowest BCUT2D eigenvalue weighted by Crippen LogP contribution is -2.02. The van der Waals surface area contributed by atoms with Crippen LogP contribution in [0.4, 0.5) is 5.69 Å². The van der Waals surface area contributed by atoms with Gasteiger partial charge in [0.05, 0.1) is 16.4 Å². The van der Waals surface area contributed by atoms with Gasteiger partial charge in [0.15, 0.2) is 0 Å². The van der Waals surface area contributed by atoms with Crippen LogP contribution in [0.2, 0.25) is 5.02 Å². The fraction of sp³-hybridized carbons (Fsp3) is 0.308. The van der Waals surface area contributed by atoms with Crippen LogP contribution >= 0.6 is 11.6 Å². The summed E-state index contributed by atoms with van der Waals surface area (Å²) in [7, 11) is 0. The average Bonchev–Trinajstić information content (AvgIpc) is 2.61. The fourth-order valence-corrected chi connectivity index (χ4v) is 1.90. The van der Waals surface area contributed by atoms with Gasteiger partial charge in [-0.2, -0.15) is 0 Å². The molecule has 1 N–H and O–H groups in total. The number of hydrogen-bond acceptors (Lipinski definition) is 3. The summed E-state index contributed by atoms with van der Waals surface area (Å²) in [6, 6.07) is 5.91. The summed E-state index contributed by atoms with van der Waals surface area (Å²) >= 11 is 6.11. The van der Waals surface area contributed by atoms with Crippen molar-refractivity contribution in [1.29, 1.82) is 0 Å². The van der Waals surface area contributed by atoms with Crippen molar-refractivity contribution < 1.29 is 4.52 Å². The van der Waals surface area contributed by atoms with E-state index in [1.807, 2.05) is 39.0 Å². The van der Waals surface area contributed by atoms with Gasteiger partial charge in [0.2, 0.25) is 0 Å². The quantitative estimate of drug-likeness (QED) is 0.899. The number of nitrogens with one attached hydrogen (secondary N) is 1. The Hall–Kier alpha value is -1.48. The van der Waals surface area contributed by atoms with E-state index < -0.39 is 0 Å². The summed E-state index contributed by atoms with van der Waals surface area (Å²) in [6.45, 7) is 6.56. The molecule has 0 fully saturated rings. The Labute approximate surface area is 106 Å². The highest BCUT2D eigenvalue weighted by Gasteiger charge is 2.09. The maximum absolute atomic E-state index is 6.11. The van der Waals surface area contributed by atoms with Gasteiger partial charge in [-0.25, -0.2) is 0 Å². The molecule has 17 heavy (non-hydrogen) atoms. The molecule has 0 aliphatic rings. The van der Waals surface area contributed by atoms with E-state index in [1.165, 1.54) is 5.56 Å². The van der Waals surface area contributed by atoms with Crippen LogP contribution in [-0.4, -0.2) is 5.16 Å². The van der Waals surface area contributed by atoms with E-state index in [-0.39, 0.29) is 0 Å². The predicted molar refractivity (Wildman–Crippen MR) is 69.5 cm³/mol. The molecular weight excluding hydrogens is 236 g/mol. The summed E-state index contributed by atoms with van der Waals surface area (Å²) in [5.74, 6) is 0.846. The van der Waals surface area contributed by atoms with Gasteiger partial charge in [-0.05, 0) is 38.5 Å². The van der Waals surface area contributed by atoms with E-state index in [1.54, 1.807) is 0 Å². The molecule has 0 unspecified atom stereocenters. The minimum atomic E-state index is 0.671. The maximum atomic E-state index is 6.11. The first-order chi connectivity index (χ1) is 8.08. The lowest BCUT2D eigenvalue weighted by atomic mass is 10.2. The van der Waals surface area contributed by atoms with E-state index in [0.29, 0.717) is 6.54 Å². The van der Waals surface area contributed by atoms with Crippen LogP contribution in [0.25, 0.3) is 0 Å². The Bertz CT molecular complexity index is 515. The molecule has 2 rings (SSSR count). The van der Waals surface area contributed by atoms with Crippen molar-refractivity contribution in [3.63, 3.8) is 0 Å². The monoisotopic (exact) mass is 250 g/mol. The smallest absolute Gasteiger partial charge is 0.138 e. The van der Waals surface area contributed by atoms with Crippen molar-refractivity contribution >= 4 is 17.3 Å². The van der Waals surface area contributed by atoms with E-state index >= 15 is 0 Å². The van der Waals surface area contributed by atoms with Crippen LogP contribution in [0.1, 0.15) is 22.6 Å². The zero-order valence-corrected chi connectivity index (χ0v) is 10.9. The van der Waals surface area contributed by atoms with Gasteiger partial charge in [0.1, 0.15) is 5.76 Å². The molecule has 0 aliphatic heterocycles. The van der Waals surface area contributed by atoms with E-state index in [9.17, 15) is 0 Å². The Morgan fingerprint density at radius 3 is 2.71 bits per heavy atom. The van der Waals surface area contributed by atoms with Gasteiger partial charge in [-0.1, -0.05) is 22.8 Å². The van der Waals surface area contributed by atoms with Crippen LogP contribution in [0.3, 0.4) is 0 Å². The van der Waals surface area contributed by atoms with Crippen LogP contribution in [-0.2, 0) is 6.54 Å². The third-order valence-electron chi connectivity index (χ3n) is 2.76. The van der Waals surface area contributed by atoms with Gasteiger partial charge < -0.3 is 9.84 Å². The third kappa shape index (κ3) is 2.61. The first-order valence-corrected chi connectivity index (χ1v) is 5.87. The standard InChI is InChI=1S/C13H15ClN2O/c1-8-4-5-12(14)13(6-8)15-7-11-9(2)16-17-10(11)3/h4-6,15H,7H2,1-3H3. The molecule has 0 spiro atoms. The predicted octanol–water partition coefficient (Wildman–Crippen LogP) is 3.87. The second kappa shape index (κ2) is 4.80. The molecule has 90 valence electrons. The average molecular weight is 251 g/mol. The molecule has 1 heterocycles. The highest BCUT2D eigenvalue weighted by atomic mass is 35.5. The van der Waals surface area contributed by atoms with Crippen molar-refractivity contribution in [3.8, 4) is 0 Å². The Balaban J connectivity index is 2.15. The zero-order valence-electron chi connectivity index (χ0n) is 10.2. The van der Waals surface area contributed by atoms with E-state index in [0.717, 1.165) is 27.7 Å². The van der Waals surface area contributed by atoms with E-state index in [2.05, 4.69) is 10.5 Å². The van der Waals surface area contributed by atoms with Crippen LogP contribution in [0.15, 0.2) is 22.7 Å². The number of aromatic nitrogens is 1. The first kappa shape index (κ1) is 12.0. The lowest BCUT2D eigenvalue weighted by Gasteiger charge is -2.08. The number of halogens is 1. The molecule has 1 aromatic heterocycles. The molecule has 0 saturated carbocycles. The largest absolute Gasteiger partial charge is 0.380 e. The lowest BCUT2D eigenvalue weighted by molar-refractivity contribution is 0.392. The molecule has 0 saturated heterocycles. The molecule has 0 radical (unpaired) electrons. The minimum Gasteiger partial charge on any atom is -0.380 e. The highest BCUT2D eigenvalue weighted by molar-refractivity contribution is 6.33. The second-order valence-electron chi connectivity index (χ2n) is 4.14. The van der Waals surface area contributed by atoms with Crippen LogP contribution in [0.5, 0.6) is 0 Å². The number of anilines is 1. The number of benzene rings is 1. The van der Waals surface area contributed by atoms with Crippen LogP contribution < -0.4 is 5.32 Å². The SMILES string of the molecule is Cc1ccc(Cl)c(NCc2c(C)noc2C)c1. The summed E-state index contributed by atoms with van der Waals surface area (Å²) in [6.07, 6.45) is 0. The van der Waals surface area contributed by atoms with Crippen molar-refractivity contribution in [3.05, 3.63) is 45.8 Å². The molecule has 0 aliphatic carbocycles. The molecule has 0 amide bonds. The molecule has 4 heteroatoms. The second-order valence-corrected chi connectivity index (χ2v) is 4.55. The number of rotatable bonds is 3. The molecule has 3 nitrogen and oxygen atoms in total. The Kier molecular flexibility index (Phi) is 3.38. The summed E-state index contributed by atoms with van der Waals surface area (Å²) in [5, 5.41) is 7.95. The molecule has 1 aromatic carbocycles. The highest BCUT2D eigenvalue weighted by Crippen LogP contribution is 2.24. The van der Waals surface area contributed by atoms with Crippen molar-refractivity contribution in [2.45, 2.75) is 27.3 Å². The Morgan fingerprint density at radius 2 is 2.06 bits per heavy atom. The maximum Gasteiger partial charge on any atom is 0.138 e. The molecule has 0 atom stereocenters. The molecular formula is C13H15ClN2O. The van der Waals surface area contributed by atoms with Crippen LogP contribution in [0, 0.1) is 20.8 Å². The third-order valence-corrected chi connectivity index (χ3v) is 3.09. The van der Waals surface area contributed by atoms with Gasteiger partial charge >= 0.3 is 0 Å². The van der Waals surface area contributed by atoms with Crippen molar-refractivity contribution in [2.24, 2.45) is 0 Å². The minimum absolute atomic E-state index is 0.671.